The standard InChI is InChI=1S/C24H14BrFN4O3S/c25-14-7-10-18-16(12-14)21(22(32)27-18)28-29-24-30(19-4-2-1-3-17(19)26)23(33)20(34-24)11-13-5-8-15(31)9-6-13/h1-12,31H,(H,27,28,32). The number of phenolic OH excluding ortho intramolecular Hbond substituents is 1. The molecule has 2 aliphatic heterocycles. The van der Waals surface area contributed by atoms with Crippen molar-refractivity contribution < 1.29 is 19.1 Å². The lowest BCUT2D eigenvalue weighted by Gasteiger charge is -2.15. The Labute approximate surface area is 205 Å². The van der Waals surface area contributed by atoms with Crippen molar-refractivity contribution in [3.05, 3.63) is 93.1 Å². The molecule has 0 unspecified atom stereocenters. The third kappa shape index (κ3) is 4.13. The first-order chi connectivity index (χ1) is 16.4. The predicted octanol–water partition coefficient (Wildman–Crippen LogP) is 5.13. The molecule has 0 saturated carbocycles. The molecule has 3 aromatic rings. The minimum absolute atomic E-state index is 0.0204. The summed E-state index contributed by atoms with van der Waals surface area (Å²) in [6, 6.07) is 17.4. The number of hydrogen-bond acceptors (Lipinski definition) is 6. The molecule has 2 N–H and O–H groups in total. The van der Waals surface area contributed by atoms with Gasteiger partial charge in [0.25, 0.3) is 11.8 Å². The van der Waals surface area contributed by atoms with E-state index in [4.69, 9.17) is 0 Å². The molecule has 10 heteroatoms. The van der Waals surface area contributed by atoms with Crippen molar-refractivity contribution in [2.75, 3.05) is 10.2 Å². The number of amides is 2. The zero-order valence-electron chi connectivity index (χ0n) is 17.2. The number of hydrogen-bond donors (Lipinski definition) is 2. The molecule has 34 heavy (non-hydrogen) atoms. The normalized spacial score (nSPS) is 18.8. The SMILES string of the molecule is O=C1Nc2ccc(Br)cc2C1=NN=C1SC(=Cc2ccc(O)cc2)C(=O)N1c1ccccc1F. The van der Waals surface area contributed by atoms with Gasteiger partial charge in [0.05, 0.1) is 16.3 Å². The van der Waals surface area contributed by atoms with E-state index in [9.17, 15) is 19.1 Å². The number of fused-ring (bicyclic) bond motifs is 1. The maximum atomic E-state index is 14.6. The summed E-state index contributed by atoms with van der Waals surface area (Å²) in [7, 11) is 0. The van der Waals surface area contributed by atoms with Crippen LogP contribution in [0.2, 0.25) is 0 Å². The van der Waals surface area contributed by atoms with E-state index in [0.717, 1.165) is 21.1 Å². The number of nitrogens with zero attached hydrogens (tertiary/aromatic N) is 3. The van der Waals surface area contributed by atoms with Gasteiger partial charge in [0, 0.05) is 10.0 Å². The summed E-state index contributed by atoms with van der Waals surface area (Å²) in [4.78, 5) is 27.1. The smallest absolute Gasteiger partial charge is 0.276 e. The zero-order valence-corrected chi connectivity index (χ0v) is 19.6. The summed E-state index contributed by atoms with van der Waals surface area (Å²) in [5, 5.41) is 20.6. The Morgan fingerprint density at radius 2 is 1.79 bits per heavy atom. The van der Waals surface area contributed by atoms with E-state index >= 15 is 0 Å². The number of carbonyl (C=O) groups excluding carboxylic acids is 2. The lowest BCUT2D eigenvalue weighted by molar-refractivity contribution is -0.113. The van der Waals surface area contributed by atoms with Gasteiger partial charge in [-0.2, -0.15) is 0 Å². The molecule has 5 rings (SSSR count). The zero-order chi connectivity index (χ0) is 23.8. The van der Waals surface area contributed by atoms with E-state index in [0.29, 0.717) is 16.8 Å². The fourth-order valence-electron chi connectivity index (χ4n) is 3.43. The molecule has 3 aromatic carbocycles. The maximum Gasteiger partial charge on any atom is 0.276 e. The molecule has 168 valence electrons. The molecule has 0 bridgehead atoms. The van der Waals surface area contributed by atoms with Crippen LogP contribution < -0.4 is 10.2 Å². The first kappa shape index (κ1) is 22.1. The fourth-order valence-corrected chi connectivity index (χ4v) is 4.71. The van der Waals surface area contributed by atoms with Gasteiger partial charge in [-0.15, -0.1) is 10.2 Å². The Bertz CT molecular complexity index is 1440. The van der Waals surface area contributed by atoms with E-state index in [1.807, 2.05) is 0 Å². The number of amidine groups is 1. The van der Waals surface area contributed by atoms with E-state index in [1.54, 1.807) is 42.5 Å². The van der Waals surface area contributed by atoms with Crippen LogP contribution in [0.5, 0.6) is 5.75 Å². The monoisotopic (exact) mass is 536 g/mol. The van der Waals surface area contributed by atoms with Crippen molar-refractivity contribution in [1.29, 1.82) is 0 Å². The molecule has 0 atom stereocenters. The summed E-state index contributed by atoms with van der Waals surface area (Å²) in [6.07, 6.45) is 1.62. The minimum Gasteiger partial charge on any atom is -0.508 e. The Morgan fingerprint density at radius 3 is 2.56 bits per heavy atom. The number of nitrogens with one attached hydrogen (secondary N) is 1. The highest BCUT2D eigenvalue weighted by atomic mass is 79.9. The van der Waals surface area contributed by atoms with Crippen molar-refractivity contribution in [2.45, 2.75) is 0 Å². The maximum absolute atomic E-state index is 14.6. The number of rotatable bonds is 3. The van der Waals surface area contributed by atoms with Gasteiger partial charge in [-0.25, -0.2) is 9.29 Å². The van der Waals surface area contributed by atoms with Crippen LogP contribution in [0.25, 0.3) is 6.08 Å². The molecular formula is C24H14BrFN4O3S. The summed E-state index contributed by atoms with van der Waals surface area (Å²) in [5.41, 5.74) is 1.94. The topological polar surface area (TPSA) is 94.4 Å². The molecule has 1 fully saturated rings. The van der Waals surface area contributed by atoms with Gasteiger partial charge in [0.15, 0.2) is 5.71 Å². The number of benzene rings is 3. The second kappa shape index (κ2) is 8.88. The first-order valence-electron chi connectivity index (χ1n) is 9.95. The number of thioether (sulfide) groups is 1. The largest absolute Gasteiger partial charge is 0.508 e. The van der Waals surface area contributed by atoms with Crippen LogP contribution in [-0.4, -0.2) is 27.8 Å². The highest BCUT2D eigenvalue weighted by molar-refractivity contribution is 9.10. The Kier molecular flexibility index (Phi) is 5.76. The summed E-state index contributed by atoms with van der Waals surface area (Å²) < 4.78 is 15.4. The number of anilines is 2. The van der Waals surface area contributed by atoms with Crippen molar-refractivity contribution in [2.24, 2.45) is 10.2 Å². The van der Waals surface area contributed by atoms with Gasteiger partial charge < -0.3 is 10.4 Å². The van der Waals surface area contributed by atoms with Gasteiger partial charge >= 0.3 is 0 Å². The molecule has 2 aliphatic rings. The predicted molar refractivity (Wildman–Crippen MR) is 134 cm³/mol. The number of halogens is 2. The van der Waals surface area contributed by atoms with E-state index < -0.39 is 17.6 Å². The van der Waals surface area contributed by atoms with Crippen molar-refractivity contribution in [3.8, 4) is 5.75 Å². The average molecular weight is 537 g/mol. The summed E-state index contributed by atoms with van der Waals surface area (Å²) in [5.74, 6) is -1.42. The van der Waals surface area contributed by atoms with E-state index in [2.05, 4.69) is 31.4 Å². The molecule has 0 aromatic heterocycles. The quantitative estimate of drug-likeness (QED) is 0.358. The molecule has 7 nitrogen and oxygen atoms in total. The molecule has 0 radical (unpaired) electrons. The summed E-state index contributed by atoms with van der Waals surface area (Å²) >= 11 is 4.39. The third-order valence-electron chi connectivity index (χ3n) is 5.03. The van der Waals surface area contributed by atoms with Crippen LogP contribution in [0.3, 0.4) is 0 Å². The molecule has 1 saturated heterocycles. The lowest BCUT2D eigenvalue weighted by Crippen LogP contribution is -2.29. The third-order valence-corrected chi connectivity index (χ3v) is 6.48. The number of aromatic hydroxyl groups is 1. The van der Waals surface area contributed by atoms with Gasteiger partial charge in [0.1, 0.15) is 11.6 Å². The van der Waals surface area contributed by atoms with Crippen molar-refractivity contribution in [1.82, 2.24) is 0 Å². The highest BCUT2D eigenvalue weighted by Gasteiger charge is 2.36. The lowest BCUT2D eigenvalue weighted by atomic mass is 10.1. The molecule has 0 spiro atoms. The highest BCUT2D eigenvalue weighted by Crippen LogP contribution is 2.37. The van der Waals surface area contributed by atoms with Crippen LogP contribution in [-0.2, 0) is 9.59 Å². The van der Waals surface area contributed by atoms with Gasteiger partial charge in [-0.1, -0.05) is 40.2 Å². The average Bonchev–Trinajstić information content (AvgIpc) is 3.29. The number of para-hydroxylation sites is 1. The molecule has 2 heterocycles. The Morgan fingerprint density at radius 1 is 1.03 bits per heavy atom. The molecular weight excluding hydrogens is 523 g/mol. The van der Waals surface area contributed by atoms with Crippen molar-refractivity contribution in [3.63, 3.8) is 0 Å². The summed E-state index contributed by atoms with van der Waals surface area (Å²) in [6.45, 7) is 0. The van der Waals surface area contributed by atoms with Gasteiger partial charge in [-0.05, 0) is 65.9 Å². The van der Waals surface area contributed by atoms with Crippen LogP contribution in [0, 0.1) is 5.82 Å². The van der Waals surface area contributed by atoms with Crippen LogP contribution >= 0.6 is 27.7 Å². The minimum atomic E-state index is -0.601. The van der Waals surface area contributed by atoms with Crippen LogP contribution in [0.15, 0.2) is 86.3 Å². The van der Waals surface area contributed by atoms with Gasteiger partial charge in [0.2, 0.25) is 5.17 Å². The second-order valence-electron chi connectivity index (χ2n) is 7.27. The second-order valence-corrected chi connectivity index (χ2v) is 9.19. The van der Waals surface area contributed by atoms with Gasteiger partial charge in [-0.3, -0.25) is 9.59 Å². The molecule has 0 aliphatic carbocycles. The Hall–Kier alpha value is -3.76. The van der Waals surface area contributed by atoms with E-state index in [1.165, 1.54) is 30.3 Å². The fraction of sp³-hybridized carbons (Fsp3) is 0. The first-order valence-corrected chi connectivity index (χ1v) is 11.6. The molecule has 2 amide bonds. The van der Waals surface area contributed by atoms with E-state index in [-0.39, 0.29) is 27.2 Å². The Balaban J connectivity index is 1.59. The number of phenols is 1. The van der Waals surface area contributed by atoms with Crippen LogP contribution in [0.4, 0.5) is 15.8 Å². The van der Waals surface area contributed by atoms with Crippen molar-refractivity contribution >= 4 is 67.8 Å². The number of carbonyl (C=O) groups is 2. The van der Waals surface area contributed by atoms with Crippen LogP contribution in [0.1, 0.15) is 11.1 Å².